The Labute approximate surface area is 141 Å². The first-order valence-corrected chi connectivity index (χ1v) is 8.25. The number of carbonyl (C=O) groups excluding carboxylic acids is 1. The van der Waals surface area contributed by atoms with Crippen molar-refractivity contribution >= 4 is 17.6 Å². The van der Waals surface area contributed by atoms with Gasteiger partial charge in [0.25, 0.3) is 0 Å². The number of amides is 1. The van der Waals surface area contributed by atoms with Gasteiger partial charge in [-0.3, -0.25) is 9.59 Å². The Hall–Kier alpha value is -2.62. The van der Waals surface area contributed by atoms with E-state index in [1.54, 1.807) is 24.3 Å². The molecule has 2 aromatic carbocycles. The molecule has 4 heteroatoms. The van der Waals surface area contributed by atoms with Crippen LogP contribution in [0.5, 0.6) is 0 Å². The summed E-state index contributed by atoms with van der Waals surface area (Å²) in [6.45, 7) is 0. The Morgan fingerprint density at radius 3 is 2.50 bits per heavy atom. The molecule has 1 aliphatic carbocycles. The van der Waals surface area contributed by atoms with Gasteiger partial charge in [0, 0.05) is 12.1 Å². The summed E-state index contributed by atoms with van der Waals surface area (Å²) in [5, 5.41) is 11.7. The summed E-state index contributed by atoms with van der Waals surface area (Å²) in [5.74, 6) is 0.124. The minimum atomic E-state index is -0.875. The third-order valence-corrected chi connectivity index (χ3v) is 4.55. The molecule has 0 aromatic heterocycles. The van der Waals surface area contributed by atoms with E-state index in [1.165, 1.54) is 5.56 Å². The first-order valence-electron chi connectivity index (χ1n) is 8.25. The van der Waals surface area contributed by atoms with E-state index in [4.69, 9.17) is 5.11 Å². The fourth-order valence-electron chi connectivity index (χ4n) is 3.31. The van der Waals surface area contributed by atoms with Crippen LogP contribution in [0.2, 0.25) is 0 Å². The second kappa shape index (κ2) is 7.30. The molecule has 124 valence electrons. The number of anilines is 1. The van der Waals surface area contributed by atoms with Crippen LogP contribution in [0.15, 0.2) is 54.6 Å². The molecule has 0 atom stereocenters. The van der Waals surface area contributed by atoms with Crippen LogP contribution in [0.4, 0.5) is 5.69 Å². The van der Waals surface area contributed by atoms with Gasteiger partial charge in [0.2, 0.25) is 5.91 Å². The van der Waals surface area contributed by atoms with Gasteiger partial charge in [-0.15, -0.1) is 0 Å². The molecular weight excluding hydrogens is 302 g/mol. The normalized spacial score (nSPS) is 19.3. The standard InChI is InChI=1S/C20H21NO3/c22-19(21-18-8-4-5-14(11-18)13-20(23)24)12-15-9-17(10-15)16-6-2-1-3-7-16/h1-8,11,15,17H,9-10,12-13H2,(H,21,22)(H,23,24). The topological polar surface area (TPSA) is 66.4 Å². The van der Waals surface area contributed by atoms with Gasteiger partial charge in [-0.1, -0.05) is 42.5 Å². The van der Waals surface area contributed by atoms with E-state index >= 15 is 0 Å². The second-order valence-electron chi connectivity index (χ2n) is 6.47. The minimum Gasteiger partial charge on any atom is -0.481 e. The van der Waals surface area contributed by atoms with E-state index in [0.29, 0.717) is 29.5 Å². The molecule has 24 heavy (non-hydrogen) atoms. The lowest BCUT2D eigenvalue weighted by atomic mass is 9.70. The van der Waals surface area contributed by atoms with Crippen molar-refractivity contribution in [1.82, 2.24) is 0 Å². The molecule has 1 saturated carbocycles. The number of carboxylic acids is 1. The summed E-state index contributed by atoms with van der Waals surface area (Å²) in [6.07, 6.45) is 2.59. The molecule has 2 aromatic rings. The van der Waals surface area contributed by atoms with Crippen LogP contribution in [0, 0.1) is 5.92 Å². The van der Waals surface area contributed by atoms with Crippen molar-refractivity contribution in [3.8, 4) is 0 Å². The van der Waals surface area contributed by atoms with Gasteiger partial charge < -0.3 is 10.4 Å². The van der Waals surface area contributed by atoms with E-state index in [0.717, 1.165) is 12.8 Å². The molecule has 0 bridgehead atoms. The molecule has 0 spiro atoms. The molecule has 1 aliphatic rings. The zero-order valence-electron chi connectivity index (χ0n) is 13.4. The number of carbonyl (C=O) groups is 2. The van der Waals surface area contributed by atoms with Gasteiger partial charge >= 0.3 is 5.97 Å². The summed E-state index contributed by atoms with van der Waals surface area (Å²) < 4.78 is 0. The van der Waals surface area contributed by atoms with Crippen molar-refractivity contribution in [1.29, 1.82) is 0 Å². The van der Waals surface area contributed by atoms with Crippen LogP contribution in [0.25, 0.3) is 0 Å². The van der Waals surface area contributed by atoms with E-state index < -0.39 is 5.97 Å². The molecule has 1 fully saturated rings. The highest BCUT2D eigenvalue weighted by Gasteiger charge is 2.31. The van der Waals surface area contributed by atoms with Crippen LogP contribution in [0.3, 0.4) is 0 Å². The Kier molecular flexibility index (Phi) is 4.94. The van der Waals surface area contributed by atoms with E-state index in [-0.39, 0.29) is 12.3 Å². The van der Waals surface area contributed by atoms with Gasteiger partial charge in [0.05, 0.1) is 6.42 Å². The quantitative estimate of drug-likeness (QED) is 0.849. The third-order valence-electron chi connectivity index (χ3n) is 4.55. The molecule has 3 rings (SSSR count). The minimum absolute atomic E-state index is 0.000938. The maximum atomic E-state index is 12.2. The van der Waals surface area contributed by atoms with E-state index in [2.05, 4.69) is 29.6 Å². The molecule has 0 heterocycles. The number of nitrogens with one attached hydrogen (secondary N) is 1. The zero-order chi connectivity index (χ0) is 16.9. The fourth-order valence-corrected chi connectivity index (χ4v) is 3.31. The molecule has 0 aliphatic heterocycles. The van der Waals surface area contributed by atoms with Crippen LogP contribution >= 0.6 is 0 Å². The SMILES string of the molecule is O=C(O)Cc1cccc(NC(=O)CC2CC(c3ccccc3)C2)c1. The molecular formula is C20H21NO3. The van der Waals surface area contributed by atoms with Crippen LogP contribution in [-0.2, 0) is 16.0 Å². The Morgan fingerprint density at radius 1 is 1.04 bits per heavy atom. The number of benzene rings is 2. The first-order chi connectivity index (χ1) is 11.6. The van der Waals surface area contributed by atoms with Crippen LogP contribution in [0.1, 0.15) is 36.3 Å². The predicted octanol–water partition coefficient (Wildman–Crippen LogP) is 3.84. The lowest BCUT2D eigenvalue weighted by Crippen LogP contribution is -2.26. The van der Waals surface area contributed by atoms with Gasteiger partial charge in [-0.05, 0) is 47.9 Å². The highest BCUT2D eigenvalue weighted by Crippen LogP contribution is 2.43. The van der Waals surface area contributed by atoms with Gasteiger partial charge in [-0.2, -0.15) is 0 Å². The van der Waals surface area contributed by atoms with Crippen molar-refractivity contribution in [2.24, 2.45) is 5.92 Å². The average Bonchev–Trinajstić information content (AvgIpc) is 2.51. The largest absolute Gasteiger partial charge is 0.481 e. The van der Waals surface area contributed by atoms with E-state index in [9.17, 15) is 9.59 Å². The Balaban J connectivity index is 1.48. The second-order valence-corrected chi connectivity index (χ2v) is 6.47. The molecule has 4 nitrogen and oxygen atoms in total. The zero-order valence-corrected chi connectivity index (χ0v) is 13.4. The van der Waals surface area contributed by atoms with E-state index in [1.807, 2.05) is 6.07 Å². The summed E-state index contributed by atoms with van der Waals surface area (Å²) in [4.78, 5) is 22.9. The number of hydrogen-bond donors (Lipinski definition) is 2. The third kappa shape index (κ3) is 4.22. The number of carboxylic acid groups (broad SMARTS) is 1. The Bertz CT molecular complexity index is 721. The monoisotopic (exact) mass is 323 g/mol. The highest BCUT2D eigenvalue weighted by molar-refractivity contribution is 5.91. The van der Waals surface area contributed by atoms with Crippen molar-refractivity contribution in [2.45, 2.75) is 31.6 Å². The molecule has 1 amide bonds. The van der Waals surface area contributed by atoms with Gasteiger partial charge in [0.1, 0.15) is 0 Å². The van der Waals surface area contributed by atoms with Gasteiger partial charge in [-0.25, -0.2) is 0 Å². The molecule has 0 saturated heterocycles. The molecule has 0 radical (unpaired) electrons. The van der Waals surface area contributed by atoms with Crippen LogP contribution < -0.4 is 5.32 Å². The number of hydrogen-bond acceptors (Lipinski definition) is 2. The number of rotatable bonds is 6. The van der Waals surface area contributed by atoms with Gasteiger partial charge in [0.15, 0.2) is 0 Å². The number of aliphatic carboxylic acids is 1. The predicted molar refractivity (Wildman–Crippen MR) is 92.9 cm³/mol. The van der Waals surface area contributed by atoms with Crippen molar-refractivity contribution in [3.05, 3.63) is 65.7 Å². The summed E-state index contributed by atoms with van der Waals surface area (Å²) in [6, 6.07) is 17.5. The lowest BCUT2D eigenvalue weighted by Gasteiger charge is -2.35. The fraction of sp³-hybridized carbons (Fsp3) is 0.300. The smallest absolute Gasteiger partial charge is 0.307 e. The summed E-state index contributed by atoms with van der Waals surface area (Å²) in [5.41, 5.74) is 2.71. The average molecular weight is 323 g/mol. The Morgan fingerprint density at radius 2 is 1.79 bits per heavy atom. The van der Waals surface area contributed by atoms with Crippen molar-refractivity contribution in [3.63, 3.8) is 0 Å². The summed E-state index contributed by atoms with van der Waals surface area (Å²) >= 11 is 0. The summed E-state index contributed by atoms with van der Waals surface area (Å²) in [7, 11) is 0. The maximum absolute atomic E-state index is 12.2. The first kappa shape index (κ1) is 16.2. The molecule has 2 N–H and O–H groups in total. The highest BCUT2D eigenvalue weighted by atomic mass is 16.4. The molecule has 0 unspecified atom stereocenters. The van der Waals surface area contributed by atoms with Crippen molar-refractivity contribution in [2.75, 3.05) is 5.32 Å². The maximum Gasteiger partial charge on any atom is 0.307 e. The van der Waals surface area contributed by atoms with Crippen LogP contribution in [-0.4, -0.2) is 17.0 Å². The lowest BCUT2D eigenvalue weighted by molar-refractivity contribution is -0.136. The van der Waals surface area contributed by atoms with Crippen molar-refractivity contribution < 1.29 is 14.7 Å².